The first-order valence-electron chi connectivity index (χ1n) is 11.0. The van der Waals surface area contributed by atoms with Crippen molar-refractivity contribution in [2.24, 2.45) is 0 Å². The van der Waals surface area contributed by atoms with E-state index in [-0.39, 0.29) is 30.7 Å². The lowest BCUT2D eigenvalue weighted by atomic mass is 10.1. The number of aryl methyl sites for hydroxylation is 1. The van der Waals surface area contributed by atoms with Gasteiger partial charge in [-0.2, -0.15) is 0 Å². The number of aromatic amines is 1. The molecule has 2 aromatic heterocycles. The molecule has 176 valence electrons. The molecule has 10 heteroatoms. The maximum absolute atomic E-state index is 12.9. The van der Waals surface area contributed by atoms with Gasteiger partial charge in [0.05, 0.1) is 16.8 Å². The lowest BCUT2D eigenvalue weighted by Gasteiger charge is -2.18. The van der Waals surface area contributed by atoms with E-state index >= 15 is 0 Å². The third-order valence-corrected chi connectivity index (χ3v) is 5.75. The Bertz CT molecular complexity index is 1460. The lowest BCUT2D eigenvalue weighted by Crippen LogP contribution is -2.26. The second-order valence-electron chi connectivity index (χ2n) is 8.11. The van der Waals surface area contributed by atoms with Crippen LogP contribution in [0.25, 0.3) is 11.0 Å². The quantitative estimate of drug-likeness (QED) is 0.342. The molecule has 4 aromatic rings. The average Bonchev–Trinajstić information content (AvgIpc) is 3.31. The summed E-state index contributed by atoms with van der Waals surface area (Å²) in [6.45, 7) is 2.55. The van der Waals surface area contributed by atoms with Crippen molar-refractivity contribution in [3.8, 4) is 5.75 Å². The van der Waals surface area contributed by atoms with Crippen LogP contribution in [-0.4, -0.2) is 39.3 Å². The van der Waals surface area contributed by atoms with Crippen molar-refractivity contribution in [3.63, 3.8) is 0 Å². The molecule has 4 N–H and O–H groups in total. The molecule has 0 radical (unpaired) electrons. The standard InChI is InChI=1S/C25H22N6O4/c1-14-4-2-3-5-16(14)10-28-24(33)17-11-26-22-21(17)29-13-30-23(22)25(34)27-9-15-6-7-19-18(8-15)31-20(32)12-35-19/h2-8,11,13,26H,9-10,12H2,1H3,(H,27,34)(H,28,33)(H,31,32). The van der Waals surface area contributed by atoms with Gasteiger partial charge in [0.2, 0.25) is 0 Å². The van der Waals surface area contributed by atoms with Crippen molar-refractivity contribution < 1.29 is 19.1 Å². The molecule has 0 fully saturated rings. The van der Waals surface area contributed by atoms with Gasteiger partial charge in [0.1, 0.15) is 17.6 Å². The second kappa shape index (κ2) is 9.26. The van der Waals surface area contributed by atoms with Crippen LogP contribution in [0.15, 0.2) is 55.0 Å². The summed E-state index contributed by atoms with van der Waals surface area (Å²) in [5, 5.41) is 8.45. The van der Waals surface area contributed by atoms with E-state index in [0.29, 0.717) is 34.6 Å². The molecule has 0 aliphatic carbocycles. The van der Waals surface area contributed by atoms with Crippen LogP contribution < -0.4 is 20.7 Å². The molecule has 1 aliphatic heterocycles. The first-order chi connectivity index (χ1) is 17.0. The van der Waals surface area contributed by atoms with Crippen LogP contribution in [0.4, 0.5) is 5.69 Å². The Labute approximate surface area is 200 Å². The van der Waals surface area contributed by atoms with Crippen molar-refractivity contribution in [1.82, 2.24) is 25.6 Å². The topological polar surface area (TPSA) is 138 Å². The number of H-pyrrole nitrogens is 1. The fourth-order valence-electron chi connectivity index (χ4n) is 3.87. The van der Waals surface area contributed by atoms with Gasteiger partial charge in [-0.1, -0.05) is 30.3 Å². The van der Waals surface area contributed by atoms with Crippen LogP contribution in [0.3, 0.4) is 0 Å². The van der Waals surface area contributed by atoms with Crippen LogP contribution in [0.5, 0.6) is 5.75 Å². The van der Waals surface area contributed by atoms with Crippen LogP contribution >= 0.6 is 0 Å². The number of nitrogens with one attached hydrogen (secondary N) is 4. The number of hydrogen-bond acceptors (Lipinski definition) is 6. The van der Waals surface area contributed by atoms with E-state index in [1.807, 2.05) is 31.2 Å². The minimum absolute atomic E-state index is 0.0190. The molecular formula is C25H22N6O4. The van der Waals surface area contributed by atoms with Gasteiger partial charge < -0.3 is 25.7 Å². The summed E-state index contributed by atoms with van der Waals surface area (Å²) >= 11 is 0. The zero-order valence-corrected chi connectivity index (χ0v) is 18.8. The Kier molecular flexibility index (Phi) is 5.84. The van der Waals surface area contributed by atoms with E-state index < -0.39 is 5.91 Å². The molecule has 5 rings (SSSR count). The Morgan fingerprint density at radius 2 is 1.89 bits per heavy atom. The maximum atomic E-state index is 12.9. The molecule has 3 amide bonds. The predicted octanol–water partition coefficient (Wildman–Crippen LogP) is 2.46. The van der Waals surface area contributed by atoms with E-state index in [1.54, 1.807) is 18.2 Å². The molecule has 2 aromatic carbocycles. The van der Waals surface area contributed by atoms with Gasteiger partial charge in [-0.25, -0.2) is 9.97 Å². The number of fused-ring (bicyclic) bond motifs is 2. The number of hydrogen-bond donors (Lipinski definition) is 4. The molecule has 1 aliphatic rings. The highest BCUT2D eigenvalue weighted by Gasteiger charge is 2.20. The predicted molar refractivity (Wildman–Crippen MR) is 128 cm³/mol. The highest BCUT2D eigenvalue weighted by molar-refractivity contribution is 6.10. The molecule has 10 nitrogen and oxygen atoms in total. The highest BCUT2D eigenvalue weighted by atomic mass is 16.5. The number of ether oxygens (including phenoxy) is 1. The number of nitrogens with zero attached hydrogens (tertiary/aromatic N) is 2. The van der Waals surface area contributed by atoms with E-state index in [2.05, 4.69) is 30.9 Å². The van der Waals surface area contributed by atoms with Gasteiger partial charge in [0.25, 0.3) is 17.7 Å². The Morgan fingerprint density at radius 1 is 1.06 bits per heavy atom. The maximum Gasteiger partial charge on any atom is 0.272 e. The lowest BCUT2D eigenvalue weighted by molar-refractivity contribution is -0.118. The smallest absolute Gasteiger partial charge is 0.272 e. The summed E-state index contributed by atoms with van der Waals surface area (Å²) < 4.78 is 5.35. The average molecular weight is 470 g/mol. The summed E-state index contributed by atoms with van der Waals surface area (Å²) in [4.78, 5) is 48.5. The highest BCUT2D eigenvalue weighted by Crippen LogP contribution is 2.28. The first-order valence-corrected chi connectivity index (χ1v) is 11.0. The molecule has 0 atom stereocenters. The first kappa shape index (κ1) is 22.1. The molecule has 0 saturated heterocycles. The van der Waals surface area contributed by atoms with E-state index in [0.717, 1.165) is 16.7 Å². The van der Waals surface area contributed by atoms with Crippen LogP contribution in [0.2, 0.25) is 0 Å². The van der Waals surface area contributed by atoms with Crippen LogP contribution in [-0.2, 0) is 17.9 Å². The molecule has 0 bridgehead atoms. The van der Waals surface area contributed by atoms with Crippen molar-refractivity contribution in [3.05, 3.63) is 82.9 Å². The minimum Gasteiger partial charge on any atom is -0.482 e. The normalized spacial score (nSPS) is 12.4. The SMILES string of the molecule is Cc1ccccc1CNC(=O)c1c[nH]c2c(C(=O)NCc3ccc4c(c3)NC(=O)CO4)ncnc12. The van der Waals surface area contributed by atoms with E-state index in [1.165, 1.54) is 12.5 Å². The number of carbonyl (C=O) groups excluding carboxylic acids is 3. The van der Waals surface area contributed by atoms with Gasteiger partial charge in [0, 0.05) is 19.3 Å². The number of aromatic nitrogens is 3. The van der Waals surface area contributed by atoms with Gasteiger partial charge in [-0.3, -0.25) is 14.4 Å². The summed E-state index contributed by atoms with van der Waals surface area (Å²) in [7, 11) is 0. The van der Waals surface area contributed by atoms with Gasteiger partial charge in [-0.15, -0.1) is 0 Å². The third-order valence-electron chi connectivity index (χ3n) is 5.75. The van der Waals surface area contributed by atoms with E-state index in [9.17, 15) is 14.4 Å². The summed E-state index contributed by atoms with van der Waals surface area (Å²) in [5.41, 5.74) is 4.63. The molecule has 0 unspecified atom stereocenters. The molecule has 35 heavy (non-hydrogen) atoms. The van der Waals surface area contributed by atoms with Crippen molar-refractivity contribution in [2.45, 2.75) is 20.0 Å². The number of rotatable bonds is 6. The van der Waals surface area contributed by atoms with E-state index in [4.69, 9.17) is 4.74 Å². The molecular weight excluding hydrogens is 448 g/mol. The van der Waals surface area contributed by atoms with Gasteiger partial charge in [-0.05, 0) is 35.7 Å². The number of amides is 3. The summed E-state index contributed by atoms with van der Waals surface area (Å²) in [5.74, 6) is -0.378. The minimum atomic E-state index is -0.427. The number of benzene rings is 2. The van der Waals surface area contributed by atoms with Crippen molar-refractivity contribution >= 4 is 34.4 Å². The Hall–Kier alpha value is -4.73. The molecule has 0 spiro atoms. The second-order valence-corrected chi connectivity index (χ2v) is 8.11. The molecule has 0 saturated carbocycles. The Balaban J connectivity index is 1.29. The fourth-order valence-corrected chi connectivity index (χ4v) is 3.87. The summed E-state index contributed by atoms with van der Waals surface area (Å²) in [6, 6.07) is 13.1. The number of anilines is 1. The zero-order chi connectivity index (χ0) is 24.4. The fraction of sp³-hybridized carbons (Fsp3) is 0.160. The van der Waals surface area contributed by atoms with Crippen LogP contribution in [0.1, 0.15) is 37.5 Å². The van der Waals surface area contributed by atoms with Gasteiger partial charge >= 0.3 is 0 Å². The van der Waals surface area contributed by atoms with Crippen molar-refractivity contribution in [2.75, 3.05) is 11.9 Å². The molecule has 3 heterocycles. The Morgan fingerprint density at radius 3 is 2.74 bits per heavy atom. The monoisotopic (exact) mass is 470 g/mol. The zero-order valence-electron chi connectivity index (χ0n) is 18.8. The van der Waals surface area contributed by atoms with Gasteiger partial charge in [0.15, 0.2) is 12.3 Å². The van der Waals surface area contributed by atoms with Crippen molar-refractivity contribution in [1.29, 1.82) is 0 Å². The third kappa shape index (κ3) is 4.54. The van der Waals surface area contributed by atoms with Crippen LogP contribution in [0, 0.1) is 6.92 Å². The number of carbonyl (C=O) groups is 3. The summed E-state index contributed by atoms with van der Waals surface area (Å²) in [6.07, 6.45) is 2.78. The largest absolute Gasteiger partial charge is 0.482 e.